The number of carbonyl (C=O) groups excluding carboxylic acids is 1. The zero-order valence-corrected chi connectivity index (χ0v) is 12.6. The van der Waals surface area contributed by atoms with Crippen LogP contribution in [0.25, 0.3) is 0 Å². The van der Waals surface area contributed by atoms with Gasteiger partial charge in [-0.2, -0.15) is 0 Å². The predicted molar refractivity (Wildman–Crippen MR) is 80.4 cm³/mol. The predicted octanol–water partition coefficient (Wildman–Crippen LogP) is 1.87. The van der Waals surface area contributed by atoms with Crippen molar-refractivity contribution in [3.8, 4) is 0 Å². The molecule has 6 nitrogen and oxygen atoms in total. The number of anilines is 1. The normalized spacial score (nSPS) is 11.8. The Morgan fingerprint density at radius 3 is 2.85 bits per heavy atom. The van der Waals surface area contributed by atoms with Crippen molar-refractivity contribution in [2.45, 2.75) is 19.4 Å². The van der Waals surface area contributed by atoms with E-state index in [4.69, 9.17) is 28.3 Å². The summed E-state index contributed by atoms with van der Waals surface area (Å²) in [6.45, 7) is 2.77. The van der Waals surface area contributed by atoms with Crippen LogP contribution in [0, 0.1) is 0 Å². The van der Waals surface area contributed by atoms with Crippen molar-refractivity contribution >= 4 is 35.1 Å². The van der Waals surface area contributed by atoms with Gasteiger partial charge < -0.3 is 21.1 Å². The Bertz CT molecular complexity index is 445. The van der Waals surface area contributed by atoms with E-state index in [2.05, 4.69) is 20.9 Å². The zero-order chi connectivity index (χ0) is 15.0. The molecule has 0 bridgehead atoms. The number of hydrogen-bond donors (Lipinski definition) is 4. The minimum absolute atomic E-state index is 0.0454. The molecule has 0 aliphatic rings. The highest BCUT2D eigenvalue weighted by Gasteiger charge is 2.06. The second kappa shape index (κ2) is 8.84. The zero-order valence-electron chi connectivity index (χ0n) is 11.1. The third kappa shape index (κ3) is 6.27. The molecule has 0 aliphatic heterocycles. The molecule has 0 fully saturated rings. The molecular weight excluding hydrogens is 303 g/mol. The van der Waals surface area contributed by atoms with Crippen molar-refractivity contribution in [3.05, 3.63) is 22.3 Å². The summed E-state index contributed by atoms with van der Waals surface area (Å²) in [6.07, 6.45) is 2.02. The van der Waals surface area contributed by atoms with Gasteiger partial charge in [-0.1, -0.05) is 23.2 Å². The van der Waals surface area contributed by atoms with E-state index in [9.17, 15) is 4.79 Å². The van der Waals surface area contributed by atoms with E-state index in [-0.39, 0.29) is 18.7 Å². The number of urea groups is 1. The summed E-state index contributed by atoms with van der Waals surface area (Å²) >= 11 is 11.7. The average molecular weight is 321 g/mol. The van der Waals surface area contributed by atoms with Crippen LogP contribution in [0.5, 0.6) is 0 Å². The van der Waals surface area contributed by atoms with Crippen LogP contribution in [-0.2, 0) is 0 Å². The topological polar surface area (TPSA) is 86.3 Å². The van der Waals surface area contributed by atoms with E-state index >= 15 is 0 Å². The van der Waals surface area contributed by atoms with E-state index in [0.717, 1.165) is 0 Å². The second-order valence-electron chi connectivity index (χ2n) is 4.22. The van der Waals surface area contributed by atoms with Gasteiger partial charge in [0.25, 0.3) is 0 Å². The van der Waals surface area contributed by atoms with Gasteiger partial charge in [-0.15, -0.1) is 0 Å². The lowest BCUT2D eigenvalue weighted by molar-refractivity contribution is 0.231. The Hall–Kier alpha value is -1.24. The van der Waals surface area contributed by atoms with Crippen molar-refractivity contribution in [1.29, 1.82) is 0 Å². The number of nitrogens with one attached hydrogen (secondary N) is 3. The van der Waals surface area contributed by atoms with E-state index < -0.39 is 0 Å². The Morgan fingerprint density at radius 1 is 1.45 bits per heavy atom. The van der Waals surface area contributed by atoms with Crippen LogP contribution < -0.4 is 16.0 Å². The van der Waals surface area contributed by atoms with Gasteiger partial charge >= 0.3 is 6.03 Å². The number of halogens is 2. The Balaban J connectivity index is 2.23. The molecule has 0 aliphatic carbocycles. The molecule has 1 atom stereocenters. The molecule has 0 radical (unpaired) electrons. The van der Waals surface area contributed by atoms with Crippen LogP contribution in [0.2, 0.25) is 10.0 Å². The molecule has 0 saturated heterocycles. The summed E-state index contributed by atoms with van der Waals surface area (Å²) < 4.78 is 0. The highest BCUT2D eigenvalue weighted by Crippen LogP contribution is 2.21. The first-order valence-electron chi connectivity index (χ1n) is 6.23. The summed E-state index contributed by atoms with van der Waals surface area (Å²) in [5, 5.41) is 18.0. The molecule has 4 N–H and O–H groups in total. The van der Waals surface area contributed by atoms with Crippen molar-refractivity contribution < 1.29 is 9.90 Å². The highest BCUT2D eigenvalue weighted by molar-refractivity contribution is 6.35. The van der Waals surface area contributed by atoms with Gasteiger partial charge in [0.15, 0.2) is 0 Å². The average Bonchev–Trinajstić information content (AvgIpc) is 2.36. The quantitative estimate of drug-likeness (QED) is 0.578. The third-order valence-corrected chi connectivity index (χ3v) is 2.95. The highest BCUT2D eigenvalue weighted by atomic mass is 35.5. The molecule has 0 spiro atoms. The lowest BCUT2D eigenvalue weighted by Crippen LogP contribution is -2.42. The minimum atomic E-state index is -0.275. The SMILES string of the molecule is C[C@H](CCO)NC(=O)NCCNc1ncc(Cl)cc1Cl. The Labute approximate surface area is 127 Å². The van der Waals surface area contributed by atoms with Crippen LogP contribution in [0.3, 0.4) is 0 Å². The molecule has 0 saturated carbocycles. The number of aliphatic hydroxyl groups excluding tert-OH is 1. The summed E-state index contributed by atoms with van der Waals surface area (Å²) in [5.41, 5.74) is 0. The molecule has 1 rings (SSSR count). The molecule has 1 aromatic heterocycles. The largest absolute Gasteiger partial charge is 0.396 e. The maximum absolute atomic E-state index is 11.5. The standard InChI is InChI=1S/C12H18Cl2N4O2/c1-8(2-5-19)18-12(20)16-4-3-15-11-10(14)6-9(13)7-17-11/h6-8,19H,2-5H2,1H3,(H,15,17)(H2,16,18,20)/t8-/m1/s1. The van der Waals surface area contributed by atoms with Crippen LogP contribution in [-0.4, -0.2) is 41.9 Å². The first kappa shape index (κ1) is 16.8. The van der Waals surface area contributed by atoms with E-state index in [1.165, 1.54) is 6.20 Å². The molecular formula is C12H18Cl2N4O2. The smallest absolute Gasteiger partial charge is 0.315 e. The van der Waals surface area contributed by atoms with Gasteiger partial charge in [-0.25, -0.2) is 9.78 Å². The number of nitrogens with zero attached hydrogens (tertiary/aromatic N) is 1. The maximum Gasteiger partial charge on any atom is 0.315 e. The van der Waals surface area contributed by atoms with Gasteiger partial charge in [0.2, 0.25) is 0 Å². The number of hydrogen-bond acceptors (Lipinski definition) is 4. The summed E-state index contributed by atoms with van der Waals surface area (Å²) in [7, 11) is 0. The van der Waals surface area contributed by atoms with E-state index in [0.29, 0.717) is 35.4 Å². The molecule has 8 heteroatoms. The molecule has 2 amide bonds. The molecule has 1 aromatic rings. The minimum Gasteiger partial charge on any atom is -0.396 e. The molecule has 0 unspecified atom stereocenters. The monoisotopic (exact) mass is 320 g/mol. The van der Waals surface area contributed by atoms with Crippen molar-refractivity contribution in [2.75, 3.05) is 25.0 Å². The van der Waals surface area contributed by atoms with Crippen LogP contribution in [0.15, 0.2) is 12.3 Å². The molecule has 1 heterocycles. The van der Waals surface area contributed by atoms with Gasteiger partial charge in [-0.05, 0) is 19.4 Å². The Kier molecular flexibility index (Phi) is 7.43. The fraction of sp³-hybridized carbons (Fsp3) is 0.500. The first-order chi connectivity index (χ1) is 9.52. The van der Waals surface area contributed by atoms with Gasteiger partial charge in [0.05, 0.1) is 10.0 Å². The number of carbonyl (C=O) groups is 1. The summed E-state index contributed by atoms with van der Waals surface area (Å²) in [6, 6.07) is 1.25. The second-order valence-corrected chi connectivity index (χ2v) is 5.07. The van der Waals surface area contributed by atoms with Gasteiger partial charge in [-0.3, -0.25) is 0 Å². The lowest BCUT2D eigenvalue weighted by Gasteiger charge is -2.13. The Morgan fingerprint density at radius 2 is 2.20 bits per heavy atom. The van der Waals surface area contributed by atoms with E-state index in [1.807, 2.05) is 6.92 Å². The van der Waals surface area contributed by atoms with Crippen LogP contribution in [0.4, 0.5) is 10.6 Å². The number of pyridine rings is 1. The number of rotatable bonds is 7. The van der Waals surface area contributed by atoms with Crippen LogP contribution in [0.1, 0.15) is 13.3 Å². The van der Waals surface area contributed by atoms with Gasteiger partial charge in [0, 0.05) is 31.9 Å². The van der Waals surface area contributed by atoms with Gasteiger partial charge in [0.1, 0.15) is 5.82 Å². The summed E-state index contributed by atoms with van der Waals surface area (Å²) in [5.74, 6) is 0.520. The van der Waals surface area contributed by atoms with Crippen molar-refractivity contribution in [1.82, 2.24) is 15.6 Å². The first-order valence-corrected chi connectivity index (χ1v) is 6.98. The van der Waals surface area contributed by atoms with Crippen LogP contribution >= 0.6 is 23.2 Å². The third-order valence-electron chi connectivity index (χ3n) is 2.45. The number of aliphatic hydroxyl groups is 1. The number of aromatic nitrogens is 1. The molecule has 20 heavy (non-hydrogen) atoms. The summed E-state index contributed by atoms with van der Waals surface area (Å²) in [4.78, 5) is 15.5. The molecule has 112 valence electrons. The molecule has 0 aromatic carbocycles. The number of amides is 2. The van der Waals surface area contributed by atoms with E-state index in [1.54, 1.807) is 6.07 Å². The van der Waals surface area contributed by atoms with Crippen molar-refractivity contribution in [2.24, 2.45) is 0 Å². The lowest BCUT2D eigenvalue weighted by atomic mass is 10.2. The fourth-order valence-electron chi connectivity index (χ4n) is 1.44. The fourth-order valence-corrected chi connectivity index (χ4v) is 1.89. The maximum atomic E-state index is 11.5. The van der Waals surface area contributed by atoms with Crippen molar-refractivity contribution in [3.63, 3.8) is 0 Å².